The van der Waals surface area contributed by atoms with Crippen molar-refractivity contribution >= 4 is 17.7 Å². The SMILES string of the molecule is COC(=O)c1c(C(=O)COC(=O)c2cccc(-n3cccc3)c2)c(C)n(C2CC2)c1C. The van der Waals surface area contributed by atoms with Crippen LogP contribution in [0.15, 0.2) is 48.8 Å². The van der Waals surface area contributed by atoms with Gasteiger partial charge in [-0.25, -0.2) is 9.59 Å². The predicted molar refractivity (Wildman–Crippen MR) is 114 cm³/mol. The van der Waals surface area contributed by atoms with E-state index in [2.05, 4.69) is 0 Å². The number of hydrogen-bond acceptors (Lipinski definition) is 5. The van der Waals surface area contributed by atoms with Gasteiger partial charge in [0, 0.05) is 35.5 Å². The number of rotatable bonds is 7. The molecule has 160 valence electrons. The Morgan fingerprint density at radius 3 is 2.29 bits per heavy atom. The summed E-state index contributed by atoms with van der Waals surface area (Å²) < 4.78 is 14.1. The summed E-state index contributed by atoms with van der Waals surface area (Å²) in [6, 6.07) is 11.0. The molecule has 31 heavy (non-hydrogen) atoms. The quantitative estimate of drug-likeness (QED) is 0.425. The summed E-state index contributed by atoms with van der Waals surface area (Å²) in [5, 5.41) is 0. The van der Waals surface area contributed by atoms with E-state index in [9.17, 15) is 14.4 Å². The second-order valence-electron chi connectivity index (χ2n) is 7.65. The van der Waals surface area contributed by atoms with Crippen LogP contribution < -0.4 is 0 Å². The Labute approximate surface area is 180 Å². The van der Waals surface area contributed by atoms with Gasteiger partial charge in [0.15, 0.2) is 6.61 Å². The van der Waals surface area contributed by atoms with Crippen molar-refractivity contribution in [2.45, 2.75) is 32.7 Å². The fraction of sp³-hybridized carbons (Fsp3) is 0.292. The van der Waals surface area contributed by atoms with Gasteiger partial charge in [0.1, 0.15) is 0 Å². The average Bonchev–Trinajstić information content (AvgIpc) is 3.37. The van der Waals surface area contributed by atoms with Gasteiger partial charge in [0.05, 0.1) is 23.8 Å². The first-order valence-electron chi connectivity index (χ1n) is 10.2. The maximum absolute atomic E-state index is 13.0. The summed E-state index contributed by atoms with van der Waals surface area (Å²) in [6.45, 7) is 3.17. The Morgan fingerprint density at radius 2 is 1.65 bits per heavy atom. The van der Waals surface area contributed by atoms with Crippen LogP contribution in [0, 0.1) is 13.8 Å². The fourth-order valence-corrected chi connectivity index (χ4v) is 4.01. The van der Waals surface area contributed by atoms with E-state index < -0.39 is 24.3 Å². The molecule has 1 saturated carbocycles. The molecule has 4 rings (SSSR count). The average molecular weight is 420 g/mol. The van der Waals surface area contributed by atoms with Crippen LogP contribution in [-0.2, 0) is 9.47 Å². The maximum Gasteiger partial charge on any atom is 0.340 e. The summed E-state index contributed by atoms with van der Waals surface area (Å²) in [4.78, 5) is 38.0. The molecule has 0 saturated heterocycles. The van der Waals surface area contributed by atoms with Gasteiger partial charge in [0.25, 0.3) is 0 Å². The highest BCUT2D eigenvalue weighted by Crippen LogP contribution is 2.40. The first-order chi connectivity index (χ1) is 14.9. The first kappa shape index (κ1) is 20.7. The van der Waals surface area contributed by atoms with E-state index in [1.54, 1.807) is 18.2 Å². The first-order valence-corrected chi connectivity index (χ1v) is 10.2. The topological polar surface area (TPSA) is 79.5 Å². The fourth-order valence-electron chi connectivity index (χ4n) is 4.01. The molecule has 7 heteroatoms. The van der Waals surface area contributed by atoms with Crippen molar-refractivity contribution in [3.05, 3.63) is 76.9 Å². The van der Waals surface area contributed by atoms with E-state index in [4.69, 9.17) is 9.47 Å². The van der Waals surface area contributed by atoms with Crippen molar-refractivity contribution in [2.75, 3.05) is 13.7 Å². The van der Waals surface area contributed by atoms with Gasteiger partial charge in [-0.15, -0.1) is 0 Å². The van der Waals surface area contributed by atoms with Crippen LogP contribution in [-0.4, -0.2) is 40.6 Å². The minimum Gasteiger partial charge on any atom is -0.465 e. The van der Waals surface area contributed by atoms with E-state index >= 15 is 0 Å². The Hall–Kier alpha value is -3.61. The van der Waals surface area contributed by atoms with Crippen LogP contribution in [0.25, 0.3) is 5.69 Å². The number of methoxy groups -OCH3 is 1. The van der Waals surface area contributed by atoms with Crippen molar-refractivity contribution in [2.24, 2.45) is 0 Å². The highest BCUT2D eigenvalue weighted by atomic mass is 16.5. The molecule has 1 fully saturated rings. The largest absolute Gasteiger partial charge is 0.465 e. The second-order valence-corrected chi connectivity index (χ2v) is 7.65. The molecule has 1 aromatic carbocycles. The lowest BCUT2D eigenvalue weighted by Gasteiger charge is -2.08. The zero-order valence-electron chi connectivity index (χ0n) is 17.8. The van der Waals surface area contributed by atoms with Crippen LogP contribution in [0.1, 0.15) is 61.3 Å². The Balaban J connectivity index is 1.54. The van der Waals surface area contributed by atoms with Crippen LogP contribution in [0.3, 0.4) is 0 Å². The molecule has 0 aliphatic heterocycles. The summed E-state index contributed by atoms with van der Waals surface area (Å²) in [5.74, 6) is -1.58. The molecule has 0 N–H and O–H groups in total. The number of carbonyl (C=O) groups excluding carboxylic acids is 3. The number of hydrogen-bond donors (Lipinski definition) is 0. The molecule has 0 atom stereocenters. The monoisotopic (exact) mass is 420 g/mol. The third-order valence-corrected chi connectivity index (χ3v) is 5.60. The van der Waals surface area contributed by atoms with Crippen molar-refractivity contribution < 1.29 is 23.9 Å². The molecule has 2 heterocycles. The zero-order valence-corrected chi connectivity index (χ0v) is 17.8. The molecular weight excluding hydrogens is 396 g/mol. The van der Waals surface area contributed by atoms with Crippen LogP contribution in [0.4, 0.5) is 0 Å². The van der Waals surface area contributed by atoms with Gasteiger partial charge < -0.3 is 18.6 Å². The van der Waals surface area contributed by atoms with E-state index in [-0.39, 0.29) is 11.1 Å². The van der Waals surface area contributed by atoms with Crippen LogP contribution in [0.2, 0.25) is 0 Å². The lowest BCUT2D eigenvalue weighted by Crippen LogP contribution is -2.18. The van der Waals surface area contributed by atoms with Gasteiger partial charge in [-0.05, 0) is 57.0 Å². The molecule has 3 aromatic rings. The highest BCUT2D eigenvalue weighted by molar-refractivity contribution is 6.09. The van der Waals surface area contributed by atoms with Crippen molar-refractivity contribution in [3.63, 3.8) is 0 Å². The van der Waals surface area contributed by atoms with E-state index in [1.165, 1.54) is 7.11 Å². The number of aromatic nitrogens is 2. The Morgan fingerprint density at radius 1 is 0.968 bits per heavy atom. The number of nitrogens with zero attached hydrogens (tertiary/aromatic N) is 2. The maximum atomic E-state index is 13.0. The van der Waals surface area contributed by atoms with Crippen molar-refractivity contribution in [1.82, 2.24) is 9.13 Å². The van der Waals surface area contributed by atoms with Crippen LogP contribution in [0.5, 0.6) is 0 Å². The molecule has 2 aromatic heterocycles. The highest BCUT2D eigenvalue weighted by Gasteiger charge is 2.34. The molecule has 1 aliphatic rings. The number of Topliss-reactive ketones (excluding diaryl/α,β-unsaturated/α-hetero) is 1. The number of esters is 2. The lowest BCUT2D eigenvalue weighted by atomic mass is 10.1. The normalized spacial score (nSPS) is 13.1. The van der Waals surface area contributed by atoms with E-state index in [1.807, 2.05) is 53.6 Å². The molecule has 0 unspecified atom stereocenters. The van der Waals surface area contributed by atoms with Gasteiger partial charge in [-0.2, -0.15) is 0 Å². The Bertz CT molecular complexity index is 1150. The van der Waals surface area contributed by atoms with Gasteiger partial charge in [-0.3, -0.25) is 4.79 Å². The minimum absolute atomic E-state index is 0.252. The third kappa shape index (κ3) is 3.91. The Kier molecular flexibility index (Phi) is 5.50. The molecule has 0 amide bonds. The zero-order chi connectivity index (χ0) is 22.1. The molecule has 0 spiro atoms. The minimum atomic E-state index is -0.599. The van der Waals surface area contributed by atoms with E-state index in [0.717, 1.165) is 18.5 Å². The summed E-state index contributed by atoms with van der Waals surface area (Å²) in [5.41, 5.74) is 3.09. The van der Waals surface area contributed by atoms with E-state index in [0.29, 0.717) is 23.0 Å². The molecular formula is C24H24N2O5. The third-order valence-electron chi connectivity index (χ3n) is 5.60. The smallest absolute Gasteiger partial charge is 0.340 e. The number of ketones is 1. The number of benzene rings is 1. The number of carbonyl (C=O) groups is 3. The summed E-state index contributed by atoms with van der Waals surface area (Å²) >= 11 is 0. The van der Waals surface area contributed by atoms with Crippen molar-refractivity contribution in [3.8, 4) is 5.69 Å². The predicted octanol–water partition coefficient (Wildman–Crippen LogP) is 4.06. The van der Waals surface area contributed by atoms with Crippen LogP contribution >= 0.6 is 0 Å². The molecule has 0 bridgehead atoms. The molecule has 1 aliphatic carbocycles. The number of ether oxygens (including phenoxy) is 2. The summed E-state index contributed by atoms with van der Waals surface area (Å²) in [7, 11) is 1.29. The van der Waals surface area contributed by atoms with Gasteiger partial charge >= 0.3 is 11.9 Å². The van der Waals surface area contributed by atoms with Gasteiger partial charge in [0.2, 0.25) is 5.78 Å². The molecule has 0 radical (unpaired) electrons. The lowest BCUT2D eigenvalue weighted by molar-refractivity contribution is 0.0473. The van der Waals surface area contributed by atoms with Crippen molar-refractivity contribution in [1.29, 1.82) is 0 Å². The molecule has 7 nitrogen and oxygen atoms in total. The second kappa shape index (κ2) is 8.26. The van der Waals surface area contributed by atoms with Gasteiger partial charge in [-0.1, -0.05) is 6.07 Å². The summed E-state index contributed by atoms with van der Waals surface area (Å²) in [6.07, 6.45) is 5.77. The standard InChI is InChI=1S/C24H24N2O5/c1-15-21(22(24(29)30-3)16(2)26(15)18-9-10-18)20(27)14-31-23(28)17-7-6-8-19(13-17)25-11-4-5-12-25/h4-8,11-13,18H,9-10,14H2,1-3H3.